The third-order valence-corrected chi connectivity index (χ3v) is 1.82. The van der Waals surface area contributed by atoms with Crippen molar-refractivity contribution in [1.82, 2.24) is 0 Å². The lowest BCUT2D eigenvalue weighted by Gasteiger charge is -2.07. The second-order valence-corrected chi connectivity index (χ2v) is 2.58. The van der Waals surface area contributed by atoms with E-state index in [1.807, 2.05) is 6.92 Å². The smallest absolute Gasteiger partial charge is 0.160 e. The summed E-state index contributed by atoms with van der Waals surface area (Å²) in [5.74, 6) is 0.563. The maximum atomic E-state index is 9.31. The minimum atomic E-state index is 0.0900. The molecular weight excluding hydrogens is 154 g/mol. The number of aryl methyl sites for hydroxylation is 1. The standard InChI is InChI=1S/C9H13NO2/c1-3-6-4-9(12-2)8(11)5-7(6)10/h4-5,11H,3,10H2,1-2H3. The van der Waals surface area contributed by atoms with E-state index in [1.54, 1.807) is 6.07 Å². The zero-order valence-corrected chi connectivity index (χ0v) is 7.29. The molecule has 0 heterocycles. The number of hydrogen-bond acceptors (Lipinski definition) is 3. The largest absolute Gasteiger partial charge is 0.504 e. The minimum absolute atomic E-state index is 0.0900. The highest BCUT2D eigenvalue weighted by molar-refractivity contribution is 5.57. The Morgan fingerprint density at radius 2 is 2.17 bits per heavy atom. The van der Waals surface area contributed by atoms with Crippen LogP contribution in [-0.2, 0) is 6.42 Å². The zero-order chi connectivity index (χ0) is 9.14. The number of nitrogens with two attached hydrogens (primary N) is 1. The van der Waals surface area contributed by atoms with Gasteiger partial charge in [0.1, 0.15) is 0 Å². The Labute approximate surface area is 71.8 Å². The highest BCUT2D eigenvalue weighted by atomic mass is 16.5. The van der Waals surface area contributed by atoms with Crippen molar-refractivity contribution < 1.29 is 9.84 Å². The summed E-state index contributed by atoms with van der Waals surface area (Å²) < 4.78 is 4.94. The Kier molecular flexibility index (Phi) is 2.43. The molecule has 0 amide bonds. The van der Waals surface area contributed by atoms with Crippen LogP contribution in [0.5, 0.6) is 11.5 Å². The molecule has 0 bridgehead atoms. The zero-order valence-electron chi connectivity index (χ0n) is 7.29. The first-order chi connectivity index (χ1) is 5.69. The number of ether oxygens (including phenoxy) is 1. The first-order valence-corrected chi connectivity index (χ1v) is 3.84. The summed E-state index contributed by atoms with van der Waals surface area (Å²) in [6, 6.07) is 3.27. The number of phenolic OH excluding ortho intramolecular Hbond substituents is 1. The molecule has 0 radical (unpaired) electrons. The highest BCUT2D eigenvalue weighted by Crippen LogP contribution is 2.30. The van der Waals surface area contributed by atoms with E-state index in [9.17, 15) is 5.11 Å². The first-order valence-electron chi connectivity index (χ1n) is 3.84. The first kappa shape index (κ1) is 8.71. The van der Waals surface area contributed by atoms with Gasteiger partial charge in [-0.2, -0.15) is 0 Å². The van der Waals surface area contributed by atoms with Crippen molar-refractivity contribution in [2.45, 2.75) is 13.3 Å². The Balaban J connectivity index is 3.18. The molecule has 0 saturated heterocycles. The number of hydrogen-bond donors (Lipinski definition) is 2. The van der Waals surface area contributed by atoms with E-state index in [1.165, 1.54) is 13.2 Å². The van der Waals surface area contributed by atoms with Crippen LogP contribution in [0.4, 0.5) is 5.69 Å². The van der Waals surface area contributed by atoms with Crippen LogP contribution in [0.1, 0.15) is 12.5 Å². The van der Waals surface area contributed by atoms with Crippen molar-refractivity contribution in [2.24, 2.45) is 0 Å². The van der Waals surface area contributed by atoms with Crippen molar-refractivity contribution in [3.63, 3.8) is 0 Å². The van der Waals surface area contributed by atoms with Crippen molar-refractivity contribution >= 4 is 5.69 Å². The van der Waals surface area contributed by atoms with E-state index in [4.69, 9.17) is 10.5 Å². The second kappa shape index (κ2) is 3.34. The molecule has 1 aromatic carbocycles. The van der Waals surface area contributed by atoms with Gasteiger partial charge in [-0.15, -0.1) is 0 Å². The van der Waals surface area contributed by atoms with Gasteiger partial charge in [-0.25, -0.2) is 0 Å². The molecule has 0 aliphatic heterocycles. The number of rotatable bonds is 2. The van der Waals surface area contributed by atoms with Crippen molar-refractivity contribution in [1.29, 1.82) is 0 Å². The number of methoxy groups -OCH3 is 1. The third-order valence-electron chi connectivity index (χ3n) is 1.82. The molecule has 3 N–H and O–H groups in total. The van der Waals surface area contributed by atoms with Crippen LogP contribution in [0.3, 0.4) is 0 Å². The maximum absolute atomic E-state index is 9.31. The second-order valence-electron chi connectivity index (χ2n) is 2.58. The van der Waals surface area contributed by atoms with Crippen molar-refractivity contribution in [3.8, 4) is 11.5 Å². The summed E-state index contributed by atoms with van der Waals surface area (Å²) in [4.78, 5) is 0. The lowest BCUT2D eigenvalue weighted by atomic mass is 10.1. The fourth-order valence-corrected chi connectivity index (χ4v) is 1.10. The summed E-state index contributed by atoms with van der Waals surface area (Å²) in [5, 5.41) is 9.31. The van der Waals surface area contributed by atoms with Gasteiger partial charge in [-0.05, 0) is 18.1 Å². The van der Waals surface area contributed by atoms with E-state index < -0.39 is 0 Å². The summed E-state index contributed by atoms with van der Waals surface area (Å²) >= 11 is 0. The van der Waals surface area contributed by atoms with Crippen molar-refractivity contribution in [3.05, 3.63) is 17.7 Å². The Morgan fingerprint density at radius 1 is 1.50 bits per heavy atom. The van der Waals surface area contributed by atoms with E-state index in [0.717, 1.165) is 12.0 Å². The number of phenols is 1. The molecule has 1 rings (SSSR count). The predicted molar refractivity (Wildman–Crippen MR) is 48.4 cm³/mol. The molecule has 0 spiro atoms. The topological polar surface area (TPSA) is 55.5 Å². The normalized spacial score (nSPS) is 9.83. The fourth-order valence-electron chi connectivity index (χ4n) is 1.10. The van der Waals surface area contributed by atoms with Crippen molar-refractivity contribution in [2.75, 3.05) is 12.8 Å². The SMILES string of the molecule is CCc1cc(OC)c(O)cc1N. The van der Waals surface area contributed by atoms with Gasteiger partial charge in [0.05, 0.1) is 7.11 Å². The van der Waals surface area contributed by atoms with Gasteiger partial charge >= 0.3 is 0 Å². The predicted octanol–water partition coefficient (Wildman–Crippen LogP) is 1.55. The van der Waals surface area contributed by atoms with E-state index in [-0.39, 0.29) is 5.75 Å². The Bertz CT molecular complexity index is 259. The molecule has 0 aromatic heterocycles. The van der Waals surface area contributed by atoms with Gasteiger partial charge in [0.25, 0.3) is 0 Å². The lowest BCUT2D eigenvalue weighted by molar-refractivity contribution is 0.373. The Hall–Kier alpha value is -1.38. The summed E-state index contributed by atoms with van der Waals surface area (Å²) in [6.07, 6.45) is 0.836. The molecule has 0 saturated carbocycles. The van der Waals surface area contributed by atoms with Gasteiger partial charge in [-0.3, -0.25) is 0 Å². The average Bonchev–Trinajstić information content (AvgIpc) is 2.05. The van der Waals surface area contributed by atoms with Crippen LogP contribution in [-0.4, -0.2) is 12.2 Å². The molecule has 0 atom stereocenters. The number of benzene rings is 1. The third kappa shape index (κ3) is 1.44. The maximum Gasteiger partial charge on any atom is 0.160 e. The lowest BCUT2D eigenvalue weighted by Crippen LogP contribution is -1.94. The average molecular weight is 167 g/mol. The van der Waals surface area contributed by atoms with Crippen LogP contribution in [0.2, 0.25) is 0 Å². The number of aromatic hydroxyl groups is 1. The van der Waals surface area contributed by atoms with Crippen LogP contribution >= 0.6 is 0 Å². The van der Waals surface area contributed by atoms with E-state index >= 15 is 0 Å². The van der Waals surface area contributed by atoms with Crippen LogP contribution in [0.25, 0.3) is 0 Å². The van der Waals surface area contributed by atoms with Crippen LogP contribution in [0.15, 0.2) is 12.1 Å². The molecular formula is C9H13NO2. The number of nitrogen functional groups attached to an aromatic ring is 1. The van der Waals surface area contributed by atoms with Gasteiger partial charge in [0.15, 0.2) is 11.5 Å². The van der Waals surface area contributed by atoms with E-state index in [2.05, 4.69) is 0 Å². The van der Waals surface area contributed by atoms with Gasteiger partial charge in [0.2, 0.25) is 0 Å². The number of anilines is 1. The summed E-state index contributed by atoms with van der Waals surface area (Å²) in [7, 11) is 1.52. The molecule has 3 nitrogen and oxygen atoms in total. The minimum Gasteiger partial charge on any atom is -0.504 e. The fraction of sp³-hybridized carbons (Fsp3) is 0.333. The quantitative estimate of drug-likeness (QED) is 0.657. The van der Waals surface area contributed by atoms with Gasteiger partial charge in [-0.1, -0.05) is 6.92 Å². The molecule has 0 unspecified atom stereocenters. The van der Waals surface area contributed by atoms with E-state index in [0.29, 0.717) is 11.4 Å². The Morgan fingerprint density at radius 3 is 2.67 bits per heavy atom. The molecule has 1 aromatic rings. The van der Waals surface area contributed by atoms with Crippen LogP contribution in [0, 0.1) is 0 Å². The monoisotopic (exact) mass is 167 g/mol. The molecule has 0 fully saturated rings. The molecule has 12 heavy (non-hydrogen) atoms. The summed E-state index contributed by atoms with van der Waals surface area (Å²) in [5.41, 5.74) is 7.24. The summed E-state index contributed by atoms with van der Waals surface area (Å²) in [6.45, 7) is 2.00. The molecule has 3 heteroatoms. The van der Waals surface area contributed by atoms with Gasteiger partial charge in [0, 0.05) is 11.8 Å². The molecule has 66 valence electrons. The molecule has 0 aliphatic rings. The molecule has 0 aliphatic carbocycles. The highest BCUT2D eigenvalue weighted by Gasteiger charge is 2.05. The van der Waals surface area contributed by atoms with Crippen LogP contribution < -0.4 is 10.5 Å². The van der Waals surface area contributed by atoms with Gasteiger partial charge < -0.3 is 15.6 Å².